The highest BCUT2D eigenvalue weighted by Gasteiger charge is 2.58. The van der Waals surface area contributed by atoms with Gasteiger partial charge in [0.2, 0.25) is 5.88 Å². The van der Waals surface area contributed by atoms with E-state index in [0.29, 0.717) is 54.1 Å². The number of likely N-dealkylation sites (N-methyl/N-ethyl adjacent to an activating group) is 1. The molecule has 3 N–H and O–H groups in total. The van der Waals surface area contributed by atoms with Crippen LogP contribution in [0, 0.1) is 11.3 Å². The zero-order valence-corrected chi connectivity index (χ0v) is 26.4. The van der Waals surface area contributed by atoms with Gasteiger partial charge in [-0.3, -0.25) is 4.90 Å². The Morgan fingerprint density at radius 2 is 2.02 bits per heavy atom. The van der Waals surface area contributed by atoms with Gasteiger partial charge in [-0.25, -0.2) is 13.8 Å². The zero-order chi connectivity index (χ0) is 31.8. The number of nitrogen functional groups attached to an aromatic ring is 1. The molecule has 2 aliphatic heterocycles. The first-order chi connectivity index (χ1) is 22.1. The lowest BCUT2D eigenvalue weighted by Crippen LogP contribution is -2.70. The van der Waals surface area contributed by atoms with Crippen LogP contribution in [0.2, 0.25) is 0 Å². The molecular formula is C34H40F2N8O2. The molecule has 3 aliphatic carbocycles. The lowest BCUT2D eigenvalue weighted by Gasteiger charge is -2.53. The average Bonchev–Trinajstić information content (AvgIpc) is 3.74. The number of nitrogens with one attached hydrogen (secondary N) is 1. The van der Waals surface area contributed by atoms with Crippen LogP contribution in [0.4, 0.5) is 20.3 Å². The number of hydrogen-bond donors (Lipinski definition) is 2. The fourth-order valence-corrected chi connectivity index (χ4v) is 9.13. The van der Waals surface area contributed by atoms with Gasteiger partial charge in [-0.05, 0) is 82.7 Å². The standard InChI is InChI=1S/C34H40F2N8O2/c1-20(25-6-4-13-43(25)2)45-27-15-26(44-14-12-39-32(19-44)17-34(35,36)18-32)40-31(41-27)29-22-5-3-10-33(30(22)46-42-29)11-9-21-7-8-24(38)23(16-37)28(21)33/h7-8,15,20,25,39H,3-6,9-14,17-19,38H2,1-2H3. The first-order valence-corrected chi connectivity index (χ1v) is 16.6. The van der Waals surface area contributed by atoms with Crippen molar-refractivity contribution in [1.29, 1.82) is 5.26 Å². The molecule has 4 heterocycles. The Kier molecular flexibility index (Phi) is 6.82. The van der Waals surface area contributed by atoms with E-state index in [1.165, 1.54) is 0 Å². The van der Waals surface area contributed by atoms with Gasteiger partial charge in [-0.1, -0.05) is 11.2 Å². The summed E-state index contributed by atoms with van der Waals surface area (Å²) in [4.78, 5) is 14.3. The maximum atomic E-state index is 14.0. The summed E-state index contributed by atoms with van der Waals surface area (Å²) >= 11 is 0. The number of alkyl halides is 2. The minimum absolute atomic E-state index is 0.109. The molecule has 1 aromatic carbocycles. The highest BCUT2D eigenvalue weighted by Crippen LogP contribution is 2.54. The van der Waals surface area contributed by atoms with Gasteiger partial charge in [0.25, 0.3) is 5.92 Å². The number of nitrogens with two attached hydrogens (primary N) is 1. The number of fused-ring (bicyclic) bond motifs is 4. The lowest BCUT2D eigenvalue weighted by atomic mass is 9.68. The molecule has 0 bridgehead atoms. The number of ether oxygens (including phenoxy) is 1. The van der Waals surface area contributed by atoms with E-state index >= 15 is 0 Å². The van der Waals surface area contributed by atoms with E-state index in [1.807, 2.05) is 18.2 Å². The predicted molar refractivity (Wildman–Crippen MR) is 168 cm³/mol. The van der Waals surface area contributed by atoms with E-state index in [9.17, 15) is 14.0 Å². The molecule has 2 spiro atoms. The normalized spacial score (nSPS) is 26.8. The molecule has 3 atom stereocenters. The van der Waals surface area contributed by atoms with E-state index in [2.05, 4.69) is 40.3 Å². The largest absolute Gasteiger partial charge is 0.473 e. The van der Waals surface area contributed by atoms with Crippen molar-refractivity contribution in [3.8, 4) is 23.5 Å². The summed E-state index contributed by atoms with van der Waals surface area (Å²) in [5.74, 6) is -0.401. The number of aryl methyl sites for hydroxylation is 1. The van der Waals surface area contributed by atoms with E-state index in [-0.39, 0.29) is 25.0 Å². The topological polar surface area (TPSA) is 129 Å². The second-order valence-corrected chi connectivity index (χ2v) is 14.2. The van der Waals surface area contributed by atoms with Gasteiger partial charge >= 0.3 is 0 Å². The lowest BCUT2D eigenvalue weighted by molar-refractivity contribution is -0.133. The molecule has 3 aromatic rings. The van der Waals surface area contributed by atoms with Gasteiger partial charge in [-0.15, -0.1) is 0 Å². The Morgan fingerprint density at radius 3 is 2.78 bits per heavy atom. The summed E-state index contributed by atoms with van der Waals surface area (Å²) in [6.45, 7) is 4.73. The molecule has 8 rings (SSSR count). The summed E-state index contributed by atoms with van der Waals surface area (Å²) in [6, 6.07) is 8.33. The number of aromatic nitrogens is 3. The molecule has 0 amide bonds. The van der Waals surface area contributed by atoms with Crippen LogP contribution >= 0.6 is 0 Å². The molecule has 12 heteroatoms. The first kappa shape index (κ1) is 29.6. The highest BCUT2D eigenvalue weighted by atomic mass is 19.3. The van der Waals surface area contributed by atoms with Crippen molar-refractivity contribution in [2.75, 3.05) is 43.9 Å². The van der Waals surface area contributed by atoms with Gasteiger partial charge < -0.3 is 25.2 Å². The molecule has 1 saturated carbocycles. The van der Waals surface area contributed by atoms with Crippen molar-refractivity contribution in [3.05, 3.63) is 46.2 Å². The smallest absolute Gasteiger partial charge is 0.251 e. The second kappa shape index (κ2) is 10.6. The number of hydrogen-bond acceptors (Lipinski definition) is 10. The Morgan fingerprint density at radius 1 is 1.17 bits per heavy atom. The van der Waals surface area contributed by atoms with Crippen molar-refractivity contribution < 1.29 is 18.0 Å². The van der Waals surface area contributed by atoms with Gasteiger partial charge in [0.15, 0.2) is 17.3 Å². The second-order valence-electron chi connectivity index (χ2n) is 14.2. The summed E-state index contributed by atoms with van der Waals surface area (Å²) in [7, 11) is 2.12. The fourth-order valence-electron chi connectivity index (χ4n) is 9.13. The molecule has 3 fully saturated rings. The molecule has 242 valence electrons. The number of nitriles is 1. The van der Waals surface area contributed by atoms with Crippen LogP contribution in [0.3, 0.4) is 0 Å². The van der Waals surface area contributed by atoms with Crippen molar-refractivity contribution >= 4 is 11.5 Å². The Hall–Kier alpha value is -3.82. The Labute approximate surface area is 267 Å². The molecule has 0 radical (unpaired) electrons. The SMILES string of the molecule is CC(Oc1cc(N2CCNC3(C2)CC(F)(F)C3)nc(-c2noc3c2CCCC32CCc3ccc(N)c(C#N)c32)n1)C1CCCN1C. The van der Waals surface area contributed by atoms with Crippen LogP contribution in [0.25, 0.3) is 11.5 Å². The van der Waals surface area contributed by atoms with Crippen LogP contribution < -0.4 is 20.7 Å². The number of benzene rings is 1. The van der Waals surface area contributed by atoms with E-state index in [1.54, 1.807) is 0 Å². The Balaban J connectivity index is 1.19. The summed E-state index contributed by atoms with van der Waals surface area (Å²) < 4.78 is 40.8. The van der Waals surface area contributed by atoms with Crippen LogP contribution in [-0.2, 0) is 18.3 Å². The first-order valence-electron chi connectivity index (χ1n) is 16.6. The maximum absolute atomic E-state index is 14.0. The molecule has 3 unspecified atom stereocenters. The third-order valence-corrected chi connectivity index (χ3v) is 11.2. The van der Waals surface area contributed by atoms with Gasteiger partial charge in [0.05, 0.1) is 11.0 Å². The predicted octanol–water partition coefficient (Wildman–Crippen LogP) is 4.59. The monoisotopic (exact) mass is 630 g/mol. The summed E-state index contributed by atoms with van der Waals surface area (Å²) in [5.41, 5.74) is 9.81. The zero-order valence-electron chi connectivity index (χ0n) is 26.4. The fraction of sp³-hybridized carbons (Fsp3) is 0.588. The van der Waals surface area contributed by atoms with Gasteiger partial charge in [0, 0.05) is 61.4 Å². The quantitative estimate of drug-likeness (QED) is 0.386. The average molecular weight is 631 g/mol. The van der Waals surface area contributed by atoms with Crippen LogP contribution in [0.1, 0.15) is 79.9 Å². The van der Waals surface area contributed by atoms with Crippen molar-refractivity contribution in [2.45, 2.75) is 93.7 Å². The molecular weight excluding hydrogens is 590 g/mol. The maximum Gasteiger partial charge on any atom is 0.251 e. The number of halogens is 2. The third-order valence-electron chi connectivity index (χ3n) is 11.2. The van der Waals surface area contributed by atoms with E-state index in [4.69, 9.17) is 25.0 Å². The highest BCUT2D eigenvalue weighted by molar-refractivity contribution is 5.68. The van der Waals surface area contributed by atoms with Crippen molar-refractivity contribution in [1.82, 2.24) is 25.3 Å². The summed E-state index contributed by atoms with van der Waals surface area (Å²) in [6.07, 6.45) is 5.83. The van der Waals surface area contributed by atoms with Crippen LogP contribution in [0.15, 0.2) is 22.7 Å². The van der Waals surface area contributed by atoms with Crippen molar-refractivity contribution in [2.24, 2.45) is 0 Å². The minimum Gasteiger partial charge on any atom is -0.473 e. The Bertz CT molecular complexity index is 1730. The molecule has 2 aromatic heterocycles. The van der Waals surface area contributed by atoms with Gasteiger partial charge in [-0.2, -0.15) is 10.2 Å². The minimum atomic E-state index is -2.64. The molecule has 2 saturated heterocycles. The van der Waals surface area contributed by atoms with E-state index in [0.717, 1.165) is 73.9 Å². The number of rotatable bonds is 5. The van der Waals surface area contributed by atoms with Crippen LogP contribution in [-0.4, -0.2) is 76.9 Å². The number of anilines is 2. The third kappa shape index (κ3) is 4.65. The van der Waals surface area contributed by atoms with Crippen LogP contribution in [0.5, 0.6) is 5.88 Å². The molecule has 46 heavy (non-hydrogen) atoms. The number of likely N-dealkylation sites (tertiary alicyclic amines) is 1. The van der Waals surface area contributed by atoms with E-state index < -0.39 is 16.9 Å². The van der Waals surface area contributed by atoms with Crippen molar-refractivity contribution in [3.63, 3.8) is 0 Å². The number of piperazine rings is 1. The summed E-state index contributed by atoms with van der Waals surface area (Å²) in [5, 5.41) is 18.1. The van der Waals surface area contributed by atoms with Gasteiger partial charge in [0.1, 0.15) is 18.0 Å². The molecule has 5 aliphatic rings. The number of nitrogens with zero attached hydrogens (tertiary/aromatic N) is 6. The molecule has 10 nitrogen and oxygen atoms in total.